The minimum atomic E-state index is 0.140. The van der Waals surface area contributed by atoms with E-state index in [1.807, 2.05) is 28.9 Å². The number of aromatic amines is 1. The zero-order valence-electron chi connectivity index (χ0n) is 14.9. The quantitative estimate of drug-likeness (QED) is 0.928. The van der Waals surface area contributed by atoms with Crippen molar-refractivity contribution in [2.45, 2.75) is 70.4 Å². The fourth-order valence-electron chi connectivity index (χ4n) is 4.40. The Balaban J connectivity index is 1.51. The van der Waals surface area contributed by atoms with Gasteiger partial charge in [0.1, 0.15) is 0 Å². The second kappa shape index (κ2) is 7.02. The summed E-state index contributed by atoms with van der Waals surface area (Å²) in [5, 5.41) is 11.7. The molecular weight excluding hydrogens is 314 g/mol. The lowest BCUT2D eigenvalue weighted by molar-refractivity contribution is 0.0719. The second-order valence-corrected chi connectivity index (χ2v) is 7.57. The van der Waals surface area contributed by atoms with Gasteiger partial charge in [-0.25, -0.2) is 0 Å². The number of likely N-dealkylation sites (tertiary alicyclic amines) is 1. The second-order valence-electron chi connectivity index (χ2n) is 7.57. The van der Waals surface area contributed by atoms with Crippen molar-refractivity contribution in [2.24, 2.45) is 0 Å². The minimum Gasteiger partial charge on any atom is -0.334 e. The fraction of sp³-hybridized carbons (Fsp3) is 0.632. The fourth-order valence-corrected chi connectivity index (χ4v) is 4.40. The molecule has 25 heavy (non-hydrogen) atoms. The van der Waals surface area contributed by atoms with E-state index in [4.69, 9.17) is 0 Å². The van der Waals surface area contributed by atoms with Gasteiger partial charge >= 0.3 is 0 Å². The number of nitrogens with zero attached hydrogens (tertiary/aromatic N) is 4. The Hall–Kier alpha value is -2.11. The lowest BCUT2D eigenvalue weighted by Gasteiger charge is -2.26. The van der Waals surface area contributed by atoms with Crippen LogP contribution in [-0.2, 0) is 6.54 Å². The molecule has 1 saturated carbocycles. The Kier molecular flexibility index (Phi) is 4.59. The Morgan fingerprint density at radius 3 is 2.80 bits per heavy atom. The van der Waals surface area contributed by atoms with Gasteiger partial charge in [-0.1, -0.05) is 19.3 Å². The first-order valence-corrected chi connectivity index (χ1v) is 9.55. The molecule has 0 unspecified atom stereocenters. The number of hydrogen-bond donors (Lipinski definition) is 1. The molecule has 3 heterocycles. The lowest BCUT2D eigenvalue weighted by Crippen LogP contribution is -2.38. The molecule has 0 radical (unpaired) electrons. The SMILES string of the molecule is Cc1cnn(C[C@@H]2CCCN2C(=O)c2cn[nH]c2C2CCCCC2)c1. The highest BCUT2D eigenvalue weighted by Gasteiger charge is 2.33. The monoisotopic (exact) mass is 341 g/mol. The molecule has 1 atom stereocenters. The van der Waals surface area contributed by atoms with Crippen LogP contribution in [0.2, 0.25) is 0 Å². The average Bonchev–Trinajstić information content (AvgIpc) is 3.36. The number of hydrogen-bond acceptors (Lipinski definition) is 3. The number of aryl methyl sites for hydroxylation is 1. The summed E-state index contributed by atoms with van der Waals surface area (Å²) >= 11 is 0. The molecule has 0 spiro atoms. The van der Waals surface area contributed by atoms with E-state index in [0.717, 1.165) is 42.8 Å². The average molecular weight is 341 g/mol. The Bertz CT molecular complexity index is 728. The number of amides is 1. The normalized spacial score (nSPS) is 21.8. The van der Waals surface area contributed by atoms with Crippen molar-refractivity contribution in [1.82, 2.24) is 24.9 Å². The molecule has 0 bridgehead atoms. The smallest absolute Gasteiger partial charge is 0.257 e. The van der Waals surface area contributed by atoms with E-state index in [1.165, 1.54) is 32.1 Å². The topological polar surface area (TPSA) is 66.8 Å². The lowest BCUT2D eigenvalue weighted by atomic mass is 9.85. The molecule has 1 N–H and O–H groups in total. The predicted octanol–water partition coefficient (Wildman–Crippen LogP) is 3.27. The molecule has 6 nitrogen and oxygen atoms in total. The van der Waals surface area contributed by atoms with Crippen LogP contribution in [0.4, 0.5) is 0 Å². The number of carbonyl (C=O) groups is 1. The van der Waals surface area contributed by atoms with E-state index >= 15 is 0 Å². The van der Waals surface area contributed by atoms with Crippen molar-refractivity contribution in [3.8, 4) is 0 Å². The Morgan fingerprint density at radius 2 is 2.04 bits per heavy atom. The van der Waals surface area contributed by atoms with Crippen LogP contribution in [0, 0.1) is 6.92 Å². The van der Waals surface area contributed by atoms with Crippen LogP contribution >= 0.6 is 0 Å². The van der Waals surface area contributed by atoms with Crippen LogP contribution in [0.25, 0.3) is 0 Å². The van der Waals surface area contributed by atoms with Gasteiger partial charge < -0.3 is 4.90 Å². The highest BCUT2D eigenvalue weighted by atomic mass is 16.2. The van der Waals surface area contributed by atoms with E-state index < -0.39 is 0 Å². The number of aromatic nitrogens is 4. The van der Waals surface area contributed by atoms with Gasteiger partial charge in [0.15, 0.2) is 0 Å². The van der Waals surface area contributed by atoms with Crippen molar-refractivity contribution in [2.75, 3.05) is 6.54 Å². The van der Waals surface area contributed by atoms with E-state index in [2.05, 4.69) is 15.3 Å². The molecule has 2 fully saturated rings. The first-order chi connectivity index (χ1) is 12.2. The van der Waals surface area contributed by atoms with Crippen molar-refractivity contribution < 1.29 is 4.79 Å². The summed E-state index contributed by atoms with van der Waals surface area (Å²) in [6.45, 7) is 3.65. The number of carbonyl (C=O) groups excluding carboxylic acids is 1. The summed E-state index contributed by atoms with van der Waals surface area (Å²) < 4.78 is 1.96. The predicted molar refractivity (Wildman–Crippen MR) is 95.4 cm³/mol. The molecule has 2 aromatic rings. The standard InChI is InChI=1S/C19H27N5O/c1-14-10-21-23(12-14)13-16-8-5-9-24(16)19(25)17-11-20-22-18(17)15-6-3-2-4-7-15/h10-12,15-16H,2-9,13H2,1H3,(H,20,22)/t16-/m0/s1. The van der Waals surface area contributed by atoms with Crippen LogP contribution in [0.5, 0.6) is 0 Å². The first-order valence-electron chi connectivity index (χ1n) is 9.55. The van der Waals surface area contributed by atoms with Crippen molar-refractivity contribution >= 4 is 5.91 Å². The van der Waals surface area contributed by atoms with E-state index in [9.17, 15) is 4.79 Å². The van der Waals surface area contributed by atoms with Crippen LogP contribution in [0.1, 0.15) is 72.5 Å². The zero-order valence-corrected chi connectivity index (χ0v) is 14.9. The van der Waals surface area contributed by atoms with Crippen molar-refractivity contribution in [1.29, 1.82) is 0 Å². The molecule has 2 aliphatic rings. The maximum absolute atomic E-state index is 13.2. The van der Waals surface area contributed by atoms with E-state index in [-0.39, 0.29) is 11.9 Å². The minimum absolute atomic E-state index is 0.140. The molecule has 134 valence electrons. The summed E-state index contributed by atoms with van der Waals surface area (Å²) in [4.78, 5) is 15.2. The number of H-pyrrole nitrogens is 1. The molecule has 6 heteroatoms. The summed E-state index contributed by atoms with van der Waals surface area (Å²) in [6.07, 6.45) is 13.9. The van der Waals surface area contributed by atoms with Crippen LogP contribution in [0.15, 0.2) is 18.6 Å². The van der Waals surface area contributed by atoms with Crippen molar-refractivity contribution in [3.63, 3.8) is 0 Å². The molecule has 4 rings (SSSR count). The summed E-state index contributed by atoms with van der Waals surface area (Å²) in [7, 11) is 0. The Labute approximate surface area is 148 Å². The van der Waals surface area contributed by atoms with Crippen LogP contribution in [0.3, 0.4) is 0 Å². The molecule has 1 aliphatic carbocycles. The maximum Gasteiger partial charge on any atom is 0.257 e. The van der Waals surface area contributed by atoms with Gasteiger partial charge in [-0.3, -0.25) is 14.6 Å². The molecule has 1 amide bonds. The third-order valence-electron chi connectivity index (χ3n) is 5.71. The maximum atomic E-state index is 13.2. The van der Waals surface area contributed by atoms with Crippen molar-refractivity contribution in [3.05, 3.63) is 35.4 Å². The molecular formula is C19H27N5O. The molecule has 2 aromatic heterocycles. The van der Waals surface area contributed by atoms with Crippen LogP contribution < -0.4 is 0 Å². The number of rotatable bonds is 4. The van der Waals surface area contributed by atoms with Gasteiger partial charge in [0.25, 0.3) is 5.91 Å². The molecule has 1 aliphatic heterocycles. The summed E-state index contributed by atoms with van der Waals surface area (Å²) in [6, 6.07) is 0.223. The highest BCUT2D eigenvalue weighted by Crippen LogP contribution is 2.34. The van der Waals surface area contributed by atoms with Crippen LogP contribution in [-0.4, -0.2) is 43.4 Å². The summed E-state index contributed by atoms with van der Waals surface area (Å²) in [5.41, 5.74) is 3.01. The zero-order chi connectivity index (χ0) is 17.2. The Morgan fingerprint density at radius 1 is 1.20 bits per heavy atom. The van der Waals surface area contributed by atoms with E-state index in [0.29, 0.717) is 5.92 Å². The number of nitrogens with one attached hydrogen (secondary N) is 1. The largest absolute Gasteiger partial charge is 0.334 e. The van der Waals surface area contributed by atoms with Gasteiger partial charge in [0.2, 0.25) is 0 Å². The van der Waals surface area contributed by atoms with Gasteiger partial charge in [-0.2, -0.15) is 10.2 Å². The van der Waals surface area contributed by atoms with Gasteiger partial charge in [0.05, 0.1) is 36.2 Å². The summed E-state index contributed by atoms with van der Waals surface area (Å²) in [5.74, 6) is 0.603. The third-order valence-corrected chi connectivity index (χ3v) is 5.71. The first kappa shape index (κ1) is 16.4. The highest BCUT2D eigenvalue weighted by molar-refractivity contribution is 5.95. The van der Waals surface area contributed by atoms with Gasteiger partial charge in [-0.15, -0.1) is 0 Å². The molecule has 1 saturated heterocycles. The van der Waals surface area contributed by atoms with Gasteiger partial charge in [-0.05, 0) is 38.2 Å². The van der Waals surface area contributed by atoms with E-state index in [1.54, 1.807) is 6.20 Å². The molecule has 0 aromatic carbocycles. The van der Waals surface area contributed by atoms with Gasteiger partial charge in [0, 0.05) is 18.7 Å². The third kappa shape index (κ3) is 3.34.